The summed E-state index contributed by atoms with van der Waals surface area (Å²) in [5, 5.41) is 3.52. The summed E-state index contributed by atoms with van der Waals surface area (Å²) < 4.78 is 10.5. The number of hydrogen-bond acceptors (Lipinski definition) is 4. The highest BCUT2D eigenvalue weighted by Crippen LogP contribution is 2.34. The van der Waals surface area contributed by atoms with Crippen LogP contribution in [0.15, 0.2) is 0 Å². The van der Waals surface area contributed by atoms with Gasteiger partial charge in [0, 0.05) is 12.1 Å². The molecule has 1 unspecified atom stereocenters. The van der Waals surface area contributed by atoms with E-state index >= 15 is 0 Å². The molecule has 0 spiro atoms. The number of nitrogens with one attached hydrogen (secondary N) is 1. The molecule has 1 rings (SSSR count). The molecule has 1 N–H and O–H groups in total. The average Bonchev–Trinajstić information content (AvgIpc) is 2.25. The van der Waals surface area contributed by atoms with E-state index in [2.05, 4.69) is 26.1 Å². The zero-order valence-corrected chi connectivity index (χ0v) is 11.5. The predicted octanol–water partition coefficient (Wildman–Crippen LogP) is 1.88. The first kappa shape index (κ1) is 14.5. The summed E-state index contributed by atoms with van der Waals surface area (Å²) in [4.78, 5) is 11.6. The van der Waals surface area contributed by atoms with Crippen LogP contribution in [0.2, 0.25) is 0 Å². The number of esters is 1. The fourth-order valence-electron chi connectivity index (χ4n) is 2.58. The zero-order chi connectivity index (χ0) is 12.9. The van der Waals surface area contributed by atoms with Gasteiger partial charge in [-0.15, -0.1) is 0 Å². The molecule has 0 bridgehead atoms. The Morgan fingerprint density at radius 3 is 2.71 bits per heavy atom. The van der Waals surface area contributed by atoms with Gasteiger partial charge in [-0.3, -0.25) is 4.79 Å². The highest BCUT2D eigenvalue weighted by Gasteiger charge is 2.42. The molecule has 1 atom stereocenters. The fourth-order valence-corrected chi connectivity index (χ4v) is 2.58. The molecule has 100 valence electrons. The summed E-state index contributed by atoms with van der Waals surface area (Å²) in [5.41, 5.74) is -0.335. The van der Waals surface area contributed by atoms with Crippen molar-refractivity contribution in [1.29, 1.82) is 0 Å². The summed E-state index contributed by atoms with van der Waals surface area (Å²) in [6.07, 6.45) is 3.20. The van der Waals surface area contributed by atoms with E-state index in [0.717, 1.165) is 25.8 Å². The molecule has 1 saturated heterocycles. The lowest BCUT2D eigenvalue weighted by Gasteiger charge is -2.45. The van der Waals surface area contributed by atoms with Crippen molar-refractivity contribution >= 4 is 5.97 Å². The van der Waals surface area contributed by atoms with Gasteiger partial charge in [-0.2, -0.15) is 0 Å². The summed E-state index contributed by atoms with van der Waals surface area (Å²) >= 11 is 0. The molecule has 1 fully saturated rings. The summed E-state index contributed by atoms with van der Waals surface area (Å²) in [5.74, 6) is -0.147. The second-order valence-corrected chi connectivity index (χ2v) is 5.49. The van der Waals surface area contributed by atoms with E-state index in [4.69, 9.17) is 9.47 Å². The van der Waals surface area contributed by atoms with Gasteiger partial charge in [0.15, 0.2) is 0 Å². The topological polar surface area (TPSA) is 47.6 Å². The maximum absolute atomic E-state index is 11.6. The summed E-state index contributed by atoms with van der Waals surface area (Å²) in [6.45, 7) is 7.90. The van der Waals surface area contributed by atoms with Gasteiger partial charge in [0.05, 0.1) is 19.1 Å². The number of methoxy groups -OCH3 is 1. The third kappa shape index (κ3) is 4.28. The van der Waals surface area contributed by atoms with E-state index in [9.17, 15) is 4.79 Å². The van der Waals surface area contributed by atoms with Crippen LogP contribution in [0, 0.1) is 0 Å². The number of carbonyl (C=O) groups excluding carboxylic acids is 1. The van der Waals surface area contributed by atoms with Gasteiger partial charge in [0.1, 0.15) is 0 Å². The van der Waals surface area contributed by atoms with E-state index in [-0.39, 0.29) is 17.1 Å². The minimum absolute atomic E-state index is 0.147. The van der Waals surface area contributed by atoms with E-state index in [1.165, 1.54) is 7.11 Å². The van der Waals surface area contributed by atoms with Gasteiger partial charge in [-0.1, -0.05) is 6.92 Å². The van der Waals surface area contributed by atoms with Crippen LogP contribution >= 0.6 is 0 Å². The van der Waals surface area contributed by atoms with Gasteiger partial charge in [0.2, 0.25) is 0 Å². The van der Waals surface area contributed by atoms with Crippen LogP contribution in [0.25, 0.3) is 0 Å². The second-order valence-electron chi connectivity index (χ2n) is 5.49. The molecule has 4 heteroatoms. The Morgan fingerprint density at radius 1 is 1.47 bits per heavy atom. The van der Waals surface area contributed by atoms with Gasteiger partial charge in [-0.05, 0) is 39.7 Å². The first-order valence-electron chi connectivity index (χ1n) is 6.39. The van der Waals surface area contributed by atoms with E-state index in [1.54, 1.807) is 0 Å². The standard InChI is InChI=1S/C13H25NO3/c1-5-7-14-13(9-11(15)16-4)6-8-17-12(2,3)10-13/h14H,5-10H2,1-4H3. The van der Waals surface area contributed by atoms with Gasteiger partial charge in [-0.25, -0.2) is 0 Å². The van der Waals surface area contributed by atoms with Crippen molar-refractivity contribution in [2.24, 2.45) is 0 Å². The van der Waals surface area contributed by atoms with Crippen LogP contribution < -0.4 is 5.32 Å². The molecule has 1 aliphatic heterocycles. The lowest BCUT2D eigenvalue weighted by molar-refractivity contribution is -0.146. The van der Waals surface area contributed by atoms with Crippen molar-refractivity contribution in [3.8, 4) is 0 Å². The minimum atomic E-state index is -0.174. The molecule has 0 aromatic rings. The molecule has 0 aromatic heterocycles. The SMILES string of the molecule is CCCNC1(CC(=O)OC)CCOC(C)(C)C1. The van der Waals surface area contributed by atoms with Gasteiger partial charge >= 0.3 is 5.97 Å². The molecular weight excluding hydrogens is 218 g/mol. The Bertz CT molecular complexity index is 265. The third-order valence-electron chi connectivity index (χ3n) is 3.30. The van der Waals surface area contributed by atoms with Crippen LogP contribution in [-0.2, 0) is 14.3 Å². The number of carbonyl (C=O) groups is 1. The molecule has 1 aliphatic rings. The van der Waals surface area contributed by atoms with Crippen LogP contribution in [0.4, 0.5) is 0 Å². The Morgan fingerprint density at radius 2 is 2.18 bits per heavy atom. The Labute approximate surface area is 104 Å². The van der Waals surface area contributed by atoms with Crippen molar-refractivity contribution < 1.29 is 14.3 Å². The normalized spacial score (nSPS) is 27.8. The lowest BCUT2D eigenvalue weighted by Crippen LogP contribution is -2.56. The molecular formula is C13H25NO3. The van der Waals surface area contributed by atoms with E-state index in [1.807, 2.05) is 0 Å². The van der Waals surface area contributed by atoms with Crippen LogP contribution in [0.3, 0.4) is 0 Å². The average molecular weight is 243 g/mol. The van der Waals surface area contributed by atoms with Gasteiger partial charge in [0.25, 0.3) is 0 Å². The number of hydrogen-bond donors (Lipinski definition) is 1. The van der Waals surface area contributed by atoms with E-state index < -0.39 is 0 Å². The Balaban J connectivity index is 2.73. The molecule has 0 saturated carbocycles. The van der Waals surface area contributed by atoms with Crippen molar-refractivity contribution in [2.45, 2.75) is 57.6 Å². The number of ether oxygens (including phenoxy) is 2. The quantitative estimate of drug-likeness (QED) is 0.749. The smallest absolute Gasteiger partial charge is 0.307 e. The third-order valence-corrected chi connectivity index (χ3v) is 3.30. The minimum Gasteiger partial charge on any atom is -0.469 e. The maximum Gasteiger partial charge on any atom is 0.307 e. The predicted molar refractivity (Wildman–Crippen MR) is 66.9 cm³/mol. The molecule has 0 aliphatic carbocycles. The van der Waals surface area contributed by atoms with Crippen molar-refractivity contribution in [3.63, 3.8) is 0 Å². The highest BCUT2D eigenvalue weighted by atomic mass is 16.5. The Hall–Kier alpha value is -0.610. The second kappa shape index (κ2) is 5.83. The maximum atomic E-state index is 11.6. The van der Waals surface area contributed by atoms with Crippen LogP contribution in [0.5, 0.6) is 0 Å². The highest BCUT2D eigenvalue weighted by molar-refractivity contribution is 5.70. The van der Waals surface area contributed by atoms with Gasteiger partial charge < -0.3 is 14.8 Å². The lowest BCUT2D eigenvalue weighted by atomic mass is 9.79. The largest absolute Gasteiger partial charge is 0.469 e. The molecule has 1 heterocycles. The van der Waals surface area contributed by atoms with Crippen LogP contribution in [0.1, 0.15) is 46.5 Å². The zero-order valence-electron chi connectivity index (χ0n) is 11.5. The van der Waals surface area contributed by atoms with E-state index in [0.29, 0.717) is 13.0 Å². The van der Waals surface area contributed by atoms with Crippen molar-refractivity contribution in [1.82, 2.24) is 5.32 Å². The first-order chi connectivity index (χ1) is 7.93. The van der Waals surface area contributed by atoms with Crippen molar-refractivity contribution in [3.05, 3.63) is 0 Å². The molecule has 17 heavy (non-hydrogen) atoms. The first-order valence-corrected chi connectivity index (χ1v) is 6.39. The van der Waals surface area contributed by atoms with Crippen molar-refractivity contribution in [2.75, 3.05) is 20.3 Å². The fraction of sp³-hybridized carbons (Fsp3) is 0.923. The monoisotopic (exact) mass is 243 g/mol. The Kier molecular flexibility index (Phi) is 4.95. The molecule has 0 radical (unpaired) electrons. The van der Waals surface area contributed by atoms with Crippen LogP contribution in [-0.4, -0.2) is 37.4 Å². The summed E-state index contributed by atoms with van der Waals surface area (Å²) in [6, 6.07) is 0. The molecule has 0 amide bonds. The summed E-state index contributed by atoms with van der Waals surface area (Å²) in [7, 11) is 1.44. The molecule has 0 aromatic carbocycles. The number of rotatable bonds is 5. The molecule has 4 nitrogen and oxygen atoms in total.